The van der Waals surface area contributed by atoms with Gasteiger partial charge in [0.05, 0.1) is 4.88 Å². The summed E-state index contributed by atoms with van der Waals surface area (Å²) in [6, 6.07) is 6.06. The molecule has 86 valence electrons. The monoisotopic (exact) mass is 307 g/mol. The van der Waals surface area contributed by atoms with E-state index in [4.69, 9.17) is 5.73 Å². The molecule has 3 heterocycles. The van der Waals surface area contributed by atoms with E-state index in [0.717, 1.165) is 26.3 Å². The topological polar surface area (TPSA) is 43.3 Å². The number of hydrogen-bond acceptors (Lipinski definition) is 3. The van der Waals surface area contributed by atoms with E-state index in [2.05, 4.69) is 20.9 Å². The normalized spacial score (nSPS) is 11.2. The highest BCUT2D eigenvalue weighted by Gasteiger charge is 2.13. The molecule has 0 bridgehead atoms. The van der Waals surface area contributed by atoms with Gasteiger partial charge in [-0.1, -0.05) is 6.07 Å². The maximum Gasteiger partial charge on any atom is 0.142 e. The molecule has 0 fully saturated rings. The number of aryl methyl sites for hydroxylation is 1. The van der Waals surface area contributed by atoms with E-state index in [1.54, 1.807) is 11.3 Å². The zero-order valence-electron chi connectivity index (χ0n) is 9.14. The summed E-state index contributed by atoms with van der Waals surface area (Å²) in [5.74, 6) is 0.693. The van der Waals surface area contributed by atoms with E-state index in [1.165, 1.54) is 0 Å². The van der Waals surface area contributed by atoms with Gasteiger partial charge in [-0.05, 0) is 40.5 Å². The van der Waals surface area contributed by atoms with Gasteiger partial charge in [-0.2, -0.15) is 0 Å². The molecule has 0 aromatic carbocycles. The number of fused-ring (bicyclic) bond motifs is 1. The van der Waals surface area contributed by atoms with Crippen LogP contribution in [0.5, 0.6) is 0 Å². The van der Waals surface area contributed by atoms with Crippen molar-refractivity contribution in [1.82, 2.24) is 9.38 Å². The number of imidazole rings is 1. The molecule has 0 spiro atoms. The molecule has 0 radical (unpaired) electrons. The Labute approximate surface area is 111 Å². The fraction of sp³-hybridized carbons (Fsp3) is 0.0833. The predicted molar refractivity (Wildman–Crippen MR) is 75.4 cm³/mol. The van der Waals surface area contributed by atoms with Gasteiger partial charge in [0.2, 0.25) is 0 Å². The van der Waals surface area contributed by atoms with E-state index < -0.39 is 0 Å². The highest BCUT2D eigenvalue weighted by molar-refractivity contribution is 9.10. The lowest BCUT2D eigenvalue weighted by molar-refractivity contribution is 1.17. The predicted octanol–water partition coefficient (Wildman–Crippen LogP) is 3.72. The van der Waals surface area contributed by atoms with Crippen molar-refractivity contribution < 1.29 is 0 Å². The third-order valence-electron chi connectivity index (χ3n) is 2.68. The number of rotatable bonds is 1. The molecule has 17 heavy (non-hydrogen) atoms. The molecule has 3 nitrogen and oxygen atoms in total. The van der Waals surface area contributed by atoms with E-state index in [0.29, 0.717) is 5.82 Å². The Balaban J connectivity index is 2.31. The summed E-state index contributed by atoms with van der Waals surface area (Å²) in [6.45, 7) is 2.04. The van der Waals surface area contributed by atoms with E-state index >= 15 is 0 Å². The van der Waals surface area contributed by atoms with Crippen LogP contribution in [0.15, 0.2) is 34.2 Å². The number of hydrogen-bond donors (Lipinski definition) is 1. The van der Waals surface area contributed by atoms with Gasteiger partial charge in [0.15, 0.2) is 0 Å². The van der Waals surface area contributed by atoms with Crippen LogP contribution in [0.1, 0.15) is 5.56 Å². The van der Waals surface area contributed by atoms with E-state index in [-0.39, 0.29) is 0 Å². The van der Waals surface area contributed by atoms with Crippen molar-refractivity contribution in [2.45, 2.75) is 6.92 Å². The summed E-state index contributed by atoms with van der Waals surface area (Å²) >= 11 is 5.08. The van der Waals surface area contributed by atoms with Crippen LogP contribution < -0.4 is 5.73 Å². The minimum Gasteiger partial charge on any atom is -0.383 e. The van der Waals surface area contributed by atoms with Gasteiger partial charge in [-0.25, -0.2) is 4.98 Å². The van der Waals surface area contributed by atoms with E-state index in [9.17, 15) is 0 Å². The van der Waals surface area contributed by atoms with Crippen molar-refractivity contribution in [3.05, 3.63) is 39.8 Å². The largest absolute Gasteiger partial charge is 0.383 e. The van der Waals surface area contributed by atoms with Gasteiger partial charge in [-0.3, -0.25) is 4.40 Å². The Morgan fingerprint density at radius 2 is 2.29 bits per heavy atom. The first-order valence-corrected chi connectivity index (χ1v) is 6.81. The molecule has 0 amide bonds. The maximum atomic E-state index is 6.14. The summed E-state index contributed by atoms with van der Waals surface area (Å²) in [6.07, 6.45) is 1.94. The van der Waals surface area contributed by atoms with Gasteiger partial charge < -0.3 is 5.73 Å². The first-order chi connectivity index (χ1) is 8.16. The lowest BCUT2D eigenvalue weighted by Crippen LogP contribution is -1.93. The Morgan fingerprint density at radius 1 is 1.47 bits per heavy atom. The summed E-state index contributed by atoms with van der Waals surface area (Å²) in [7, 11) is 0. The molecule has 3 aromatic rings. The van der Waals surface area contributed by atoms with Crippen LogP contribution in [0.3, 0.4) is 0 Å². The van der Waals surface area contributed by atoms with Crippen LogP contribution in [-0.2, 0) is 0 Å². The second-order valence-electron chi connectivity index (χ2n) is 3.86. The molecule has 0 saturated heterocycles. The molecule has 0 aliphatic carbocycles. The van der Waals surface area contributed by atoms with Gasteiger partial charge in [0.25, 0.3) is 0 Å². The number of pyridine rings is 1. The Hall–Kier alpha value is -1.33. The molecule has 3 rings (SSSR count). The van der Waals surface area contributed by atoms with E-state index in [1.807, 2.05) is 41.1 Å². The van der Waals surface area contributed by atoms with Crippen molar-refractivity contribution in [3.63, 3.8) is 0 Å². The average molecular weight is 308 g/mol. The highest BCUT2D eigenvalue weighted by atomic mass is 79.9. The number of nitrogens with two attached hydrogens (primary N) is 1. The van der Waals surface area contributed by atoms with Crippen molar-refractivity contribution >= 4 is 38.7 Å². The maximum absolute atomic E-state index is 6.14. The van der Waals surface area contributed by atoms with Crippen LogP contribution in [0.4, 0.5) is 5.82 Å². The van der Waals surface area contributed by atoms with Crippen LogP contribution in [0, 0.1) is 6.92 Å². The summed E-state index contributed by atoms with van der Waals surface area (Å²) in [5, 5.41) is 2.03. The molecule has 2 N–H and O–H groups in total. The summed E-state index contributed by atoms with van der Waals surface area (Å²) < 4.78 is 2.99. The van der Waals surface area contributed by atoms with Crippen molar-refractivity contribution in [1.29, 1.82) is 0 Å². The second kappa shape index (κ2) is 3.85. The molecule has 0 saturated carbocycles. The minimum absolute atomic E-state index is 0.693. The first-order valence-electron chi connectivity index (χ1n) is 5.14. The Kier molecular flexibility index (Phi) is 2.45. The quantitative estimate of drug-likeness (QED) is 0.744. The van der Waals surface area contributed by atoms with Gasteiger partial charge in [0.1, 0.15) is 17.2 Å². The average Bonchev–Trinajstić information content (AvgIpc) is 2.85. The third-order valence-corrected chi connectivity index (χ3v) is 4.38. The Morgan fingerprint density at radius 3 is 2.94 bits per heavy atom. The van der Waals surface area contributed by atoms with Gasteiger partial charge >= 0.3 is 0 Å². The number of nitrogen functional groups attached to an aromatic ring is 1. The number of thiophene rings is 1. The van der Waals surface area contributed by atoms with Gasteiger partial charge in [-0.15, -0.1) is 11.3 Å². The van der Waals surface area contributed by atoms with Crippen molar-refractivity contribution in [2.75, 3.05) is 5.73 Å². The molecule has 0 unspecified atom stereocenters. The smallest absolute Gasteiger partial charge is 0.142 e. The second-order valence-corrected chi connectivity index (χ2v) is 5.69. The molecule has 0 atom stereocenters. The first kappa shape index (κ1) is 10.8. The number of halogens is 1. The lowest BCUT2D eigenvalue weighted by atomic mass is 10.3. The third kappa shape index (κ3) is 1.66. The lowest BCUT2D eigenvalue weighted by Gasteiger charge is -1.97. The molecule has 3 aromatic heterocycles. The summed E-state index contributed by atoms with van der Waals surface area (Å²) in [4.78, 5) is 5.70. The van der Waals surface area contributed by atoms with Crippen LogP contribution in [-0.4, -0.2) is 9.38 Å². The molecular weight excluding hydrogens is 298 g/mol. The highest BCUT2D eigenvalue weighted by Crippen LogP contribution is 2.33. The standard InChI is InChI=1S/C12H10BrN3S/c1-7-3-2-4-16-11(14)10(15-12(7)16)9-5-8(13)6-17-9/h2-6H,14H2,1H3. The molecule has 0 aliphatic heterocycles. The van der Waals surface area contributed by atoms with Gasteiger partial charge in [0, 0.05) is 16.0 Å². The fourth-order valence-electron chi connectivity index (χ4n) is 1.84. The fourth-order valence-corrected chi connectivity index (χ4v) is 3.27. The zero-order chi connectivity index (χ0) is 12.0. The minimum atomic E-state index is 0.693. The summed E-state index contributed by atoms with van der Waals surface area (Å²) in [5.41, 5.74) is 9.04. The van der Waals surface area contributed by atoms with Crippen molar-refractivity contribution in [2.24, 2.45) is 0 Å². The molecule has 5 heteroatoms. The van der Waals surface area contributed by atoms with Crippen LogP contribution in [0.25, 0.3) is 16.2 Å². The number of nitrogens with zero attached hydrogens (tertiary/aromatic N) is 2. The molecular formula is C12H10BrN3S. The Bertz CT molecular complexity index is 699. The van der Waals surface area contributed by atoms with Crippen molar-refractivity contribution in [3.8, 4) is 10.6 Å². The zero-order valence-corrected chi connectivity index (χ0v) is 11.5. The SMILES string of the molecule is Cc1cccn2c(N)c(-c3cc(Br)cs3)nc12. The number of anilines is 1. The van der Waals surface area contributed by atoms with Crippen LogP contribution in [0.2, 0.25) is 0 Å². The number of aromatic nitrogens is 2. The molecule has 0 aliphatic rings. The van der Waals surface area contributed by atoms with Crippen LogP contribution >= 0.6 is 27.3 Å².